The van der Waals surface area contributed by atoms with Gasteiger partial charge >= 0.3 is 0 Å². The molecule has 0 radical (unpaired) electrons. The number of thiazole rings is 1. The van der Waals surface area contributed by atoms with Crippen molar-refractivity contribution in [1.82, 2.24) is 9.71 Å². The molecule has 0 saturated heterocycles. The first kappa shape index (κ1) is 15.7. The van der Waals surface area contributed by atoms with E-state index in [1.807, 2.05) is 29.6 Å². The zero-order chi connectivity index (χ0) is 16.3. The van der Waals surface area contributed by atoms with E-state index in [0.717, 1.165) is 16.1 Å². The lowest BCUT2D eigenvalue weighted by Crippen LogP contribution is -2.23. The van der Waals surface area contributed by atoms with Crippen LogP contribution in [0.15, 0.2) is 65.0 Å². The van der Waals surface area contributed by atoms with Crippen LogP contribution in [-0.2, 0) is 16.6 Å². The summed E-state index contributed by atoms with van der Waals surface area (Å²) in [7, 11) is -3.55. The molecule has 3 rings (SSSR count). The zero-order valence-corrected chi connectivity index (χ0v) is 13.8. The number of nitrogens with zero attached hydrogens (tertiary/aromatic N) is 1. The number of hydrogen-bond donors (Lipinski definition) is 2. The predicted molar refractivity (Wildman–Crippen MR) is 92.4 cm³/mol. The first-order valence-electron chi connectivity index (χ1n) is 6.89. The van der Waals surface area contributed by atoms with Gasteiger partial charge in [0.15, 0.2) is 0 Å². The topological polar surface area (TPSA) is 85.1 Å². The van der Waals surface area contributed by atoms with E-state index in [-0.39, 0.29) is 11.4 Å². The second-order valence-electron chi connectivity index (χ2n) is 4.90. The average Bonchev–Trinajstić information content (AvgIpc) is 3.07. The van der Waals surface area contributed by atoms with Crippen LogP contribution < -0.4 is 10.5 Å². The Morgan fingerprint density at radius 1 is 1.09 bits per heavy atom. The molecule has 0 saturated carbocycles. The second-order valence-corrected chi connectivity index (χ2v) is 7.65. The summed E-state index contributed by atoms with van der Waals surface area (Å²) in [4.78, 5) is 4.28. The van der Waals surface area contributed by atoms with Gasteiger partial charge in [-0.2, -0.15) is 0 Å². The Hall–Kier alpha value is -2.22. The van der Waals surface area contributed by atoms with Crippen molar-refractivity contribution in [3.8, 4) is 11.1 Å². The van der Waals surface area contributed by atoms with Gasteiger partial charge in [-0.1, -0.05) is 24.3 Å². The standard InChI is InChI=1S/C16H15N3O2S2/c17-14-3-1-2-13(10-14)12-4-6-15(7-5-12)23(20,21)19-11-16-18-8-9-22-16/h1-10,19H,11,17H2. The van der Waals surface area contributed by atoms with E-state index in [1.54, 1.807) is 30.5 Å². The van der Waals surface area contributed by atoms with E-state index < -0.39 is 10.0 Å². The quantitative estimate of drug-likeness (QED) is 0.696. The average molecular weight is 345 g/mol. The Balaban J connectivity index is 1.78. The third-order valence-electron chi connectivity index (χ3n) is 3.28. The molecule has 3 N–H and O–H groups in total. The summed E-state index contributed by atoms with van der Waals surface area (Å²) in [5, 5.41) is 2.54. The summed E-state index contributed by atoms with van der Waals surface area (Å²) in [6.07, 6.45) is 1.65. The zero-order valence-electron chi connectivity index (χ0n) is 12.1. The molecule has 1 aromatic heterocycles. The minimum Gasteiger partial charge on any atom is -0.399 e. The third kappa shape index (κ3) is 3.76. The maximum atomic E-state index is 12.3. The van der Waals surface area contributed by atoms with E-state index >= 15 is 0 Å². The van der Waals surface area contributed by atoms with Gasteiger partial charge in [0.05, 0.1) is 11.4 Å². The smallest absolute Gasteiger partial charge is 0.240 e. The number of anilines is 1. The van der Waals surface area contributed by atoms with Crippen LogP contribution in [0.25, 0.3) is 11.1 Å². The van der Waals surface area contributed by atoms with Crippen molar-refractivity contribution in [3.05, 3.63) is 65.1 Å². The van der Waals surface area contributed by atoms with Gasteiger partial charge in [0.25, 0.3) is 0 Å². The Morgan fingerprint density at radius 3 is 2.52 bits per heavy atom. The lowest BCUT2D eigenvalue weighted by Gasteiger charge is -2.07. The van der Waals surface area contributed by atoms with Crippen molar-refractivity contribution in [2.45, 2.75) is 11.4 Å². The number of hydrogen-bond acceptors (Lipinski definition) is 5. The Kier molecular flexibility index (Phi) is 4.42. The monoisotopic (exact) mass is 345 g/mol. The summed E-state index contributed by atoms with van der Waals surface area (Å²) in [5.74, 6) is 0. The molecule has 0 fully saturated rings. The Labute approximate surface area is 138 Å². The van der Waals surface area contributed by atoms with Crippen LogP contribution in [0.3, 0.4) is 0 Å². The second kappa shape index (κ2) is 6.49. The Morgan fingerprint density at radius 2 is 1.87 bits per heavy atom. The van der Waals surface area contributed by atoms with E-state index in [9.17, 15) is 8.42 Å². The minimum atomic E-state index is -3.55. The van der Waals surface area contributed by atoms with Crippen LogP contribution in [-0.4, -0.2) is 13.4 Å². The van der Waals surface area contributed by atoms with Gasteiger partial charge in [-0.15, -0.1) is 11.3 Å². The van der Waals surface area contributed by atoms with Crippen molar-refractivity contribution in [3.63, 3.8) is 0 Å². The van der Waals surface area contributed by atoms with Crippen molar-refractivity contribution in [2.75, 3.05) is 5.73 Å². The molecule has 23 heavy (non-hydrogen) atoms. The maximum Gasteiger partial charge on any atom is 0.240 e. The predicted octanol–water partition coefficient (Wildman–Crippen LogP) is 2.87. The van der Waals surface area contributed by atoms with Gasteiger partial charge in [-0.3, -0.25) is 0 Å². The van der Waals surface area contributed by atoms with Gasteiger partial charge in [0.1, 0.15) is 5.01 Å². The molecule has 0 spiro atoms. The lowest BCUT2D eigenvalue weighted by atomic mass is 10.1. The number of nitrogens with two attached hydrogens (primary N) is 1. The highest BCUT2D eigenvalue weighted by Gasteiger charge is 2.14. The van der Waals surface area contributed by atoms with Crippen molar-refractivity contribution in [2.24, 2.45) is 0 Å². The highest BCUT2D eigenvalue weighted by molar-refractivity contribution is 7.89. The highest BCUT2D eigenvalue weighted by atomic mass is 32.2. The summed E-state index contributed by atoms with van der Waals surface area (Å²) in [6, 6.07) is 14.2. The summed E-state index contributed by atoms with van der Waals surface area (Å²) < 4.78 is 27.1. The molecule has 1 heterocycles. The molecule has 118 valence electrons. The fourth-order valence-electron chi connectivity index (χ4n) is 2.13. The number of benzene rings is 2. The molecular weight excluding hydrogens is 330 g/mol. The molecule has 2 aromatic carbocycles. The first-order valence-corrected chi connectivity index (χ1v) is 9.25. The van der Waals surface area contributed by atoms with E-state index in [4.69, 9.17) is 5.73 Å². The molecule has 0 aliphatic heterocycles. The molecule has 0 unspecified atom stereocenters. The van der Waals surface area contributed by atoms with Gasteiger partial charge in [0, 0.05) is 17.3 Å². The van der Waals surface area contributed by atoms with Crippen LogP contribution in [0.4, 0.5) is 5.69 Å². The number of nitrogen functional groups attached to an aromatic ring is 1. The largest absolute Gasteiger partial charge is 0.399 e. The molecule has 3 aromatic rings. The molecule has 5 nitrogen and oxygen atoms in total. The van der Waals surface area contributed by atoms with Gasteiger partial charge < -0.3 is 5.73 Å². The van der Waals surface area contributed by atoms with E-state index in [2.05, 4.69) is 9.71 Å². The normalized spacial score (nSPS) is 11.5. The number of nitrogens with one attached hydrogen (secondary N) is 1. The highest BCUT2D eigenvalue weighted by Crippen LogP contribution is 2.23. The maximum absolute atomic E-state index is 12.3. The fraction of sp³-hybridized carbons (Fsp3) is 0.0625. The fourth-order valence-corrected chi connectivity index (χ4v) is 3.76. The van der Waals surface area contributed by atoms with Crippen LogP contribution in [0.2, 0.25) is 0 Å². The van der Waals surface area contributed by atoms with Gasteiger partial charge in [-0.05, 0) is 35.4 Å². The number of aromatic nitrogens is 1. The molecule has 0 aliphatic carbocycles. The van der Waals surface area contributed by atoms with Crippen molar-refractivity contribution in [1.29, 1.82) is 0 Å². The molecule has 0 bridgehead atoms. The number of sulfonamides is 1. The van der Waals surface area contributed by atoms with E-state index in [1.165, 1.54) is 11.3 Å². The van der Waals surface area contributed by atoms with Gasteiger partial charge in [-0.25, -0.2) is 18.1 Å². The lowest BCUT2D eigenvalue weighted by molar-refractivity contribution is 0.581. The molecule has 0 aliphatic rings. The van der Waals surface area contributed by atoms with Gasteiger partial charge in [0.2, 0.25) is 10.0 Å². The van der Waals surface area contributed by atoms with Crippen LogP contribution >= 0.6 is 11.3 Å². The summed E-state index contributed by atoms with van der Waals surface area (Å²) in [5.41, 5.74) is 8.30. The van der Waals surface area contributed by atoms with Crippen LogP contribution in [0, 0.1) is 0 Å². The molecular formula is C16H15N3O2S2. The first-order chi connectivity index (χ1) is 11.0. The summed E-state index contributed by atoms with van der Waals surface area (Å²) >= 11 is 1.41. The molecule has 7 heteroatoms. The summed E-state index contributed by atoms with van der Waals surface area (Å²) in [6.45, 7) is 0.191. The van der Waals surface area contributed by atoms with Crippen molar-refractivity contribution < 1.29 is 8.42 Å². The molecule has 0 amide bonds. The minimum absolute atomic E-state index is 0.191. The molecule has 0 atom stereocenters. The Bertz CT molecular complexity index is 889. The van der Waals surface area contributed by atoms with Crippen molar-refractivity contribution >= 4 is 27.0 Å². The SMILES string of the molecule is Nc1cccc(-c2ccc(S(=O)(=O)NCc3nccs3)cc2)c1. The number of rotatable bonds is 5. The van der Waals surface area contributed by atoms with Crippen LogP contribution in [0.5, 0.6) is 0 Å². The third-order valence-corrected chi connectivity index (χ3v) is 5.48. The van der Waals surface area contributed by atoms with E-state index in [0.29, 0.717) is 5.69 Å². The van der Waals surface area contributed by atoms with Crippen LogP contribution in [0.1, 0.15) is 5.01 Å².